The summed E-state index contributed by atoms with van der Waals surface area (Å²) in [6, 6.07) is 10.3. The Hall–Kier alpha value is -2.16. The molecule has 1 saturated heterocycles. The van der Waals surface area contributed by atoms with Crippen LogP contribution in [0.5, 0.6) is 5.75 Å². The first-order valence-corrected chi connectivity index (χ1v) is 11.0. The van der Waals surface area contributed by atoms with Crippen molar-refractivity contribution < 1.29 is 22.3 Å². The van der Waals surface area contributed by atoms with Crippen LogP contribution < -0.4 is 10.1 Å². The van der Waals surface area contributed by atoms with Crippen LogP contribution in [0.2, 0.25) is 5.02 Å². The minimum Gasteiger partial charge on any atom is -0.495 e. The van der Waals surface area contributed by atoms with Gasteiger partial charge in [0.25, 0.3) is 0 Å². The number of rotatable bonds is 6. The van der Waals surface area contributed by atoms with Gasteiger partial charge in [0, 0.05) is 24.7 Å². The second kappa shape index (κ2) is 9.11. The lowest BCUT2D eigenvalue weighted by Gasteiger charge is -2.31. The van der Waals surface area contributed by atoms with Crippen molar-refractivity contribution in [2.24, 2.45) is 5.92 Å². The summed E-state index contributed by atoms with van der Waals surface area (Å²) in [7, 11) is -2.47. The number of carbonyl (C=O) groups is 1. The maximum atomic E-state index is 13.1. The molecule has 0 saturated carbocycles. The van der Waals surface area contributed by atoms with Crippen molar-refractivity contribution in [2.45, 2.75) is 24.3 Å². The maximum absolute atomic E-state index is 13.1. The molecule has 1 atom stereocenters. The molecule has 0 bridgehead atoms. The van der Waals surface area contributed by atoms with E-state index in [0.717, 1.165) is 5.56 Å². The predicted octanol–water partition coefficient (Wildman–Crippen LogP) is 3.20. The molecule has 1 aliphatic rings. The molecule has 0 spiro atoms. The van der Waals surface area contributed by atoms with Gasteiger partial charge >= 0.3 is 0 Å². The van der Waals surface area contributed by atoms with E-state index < -0.39 is 15.9 Å². The molecule has 0 aliphatic carbocycles. The van der Waals surface area contributed by atoms with Gasteiger partial charge in [-0.2, -0.15) is 4.31 Å². The number of benzene rings is 2. The summed E-state index contributed by atoms with van der Waals surface area (Å²) in [5, 5.41) is 3.09. The normalized spacial score (nSPS) is 17.7. The van der Waals surface area contributed by atoms with Crippen molar-refractivity contribution in [3.8, 4) is 5.75 Å². The van der Waals surface area contributed by atoms with Crippen LogP contribution in [0.25, 0.3) is 0 Å². The van der Waals surface area contributed by atoms with E-state index in [2.05, 4.69) is 5.32 Å². The molecule has 0 aromatic heterocycles. The summed E-state index contributed by atoms with van der Waals surface area (Å²) in [6.07, 6.45) is 1.16. The van der Waals surface area contributed by atoms with Crippen molar-refractivity contribution in [1.82, 2.24) is 9.62 Å². The summed E-state index contributed by atoms with van der Waals surface area (Å²) in [6.45, 7) is 0.650. The molecule has 1 heterocycles. The minimum absolute atomic E-state index is 0.0140. The summed E-state index contributed by atoms with van der Waals surface area (Å²) in [4.78, 5) is 12.6. The molecule has 29 heavy (non-hydrogen) atoms. The highest BCUT2D eigenvalue weighted by Crippen LogP contribution is 2.32. The highest BCUT2D eigenvalue weighted by molar-refractivity contribution is 7.89. The second-order valence-corrected chi connectivity index (χ2v) is 9.18. The van der Waals surface area contributed by atoms with Gasteiger partial charge in [-0.15, -0.1) is 0 Å². The smallest absolute Gasteiger partial charge is 0.246 e. The zero-order chi connectivity index (χ0) is 21.0. The first kappa shape index (κ1) is 21.5. The van der Waals surface area contributed by atoms with Gasteiger partial charge in [-0.05, 0) is 48.7 Å². The highest BCUT2D eigenvalue weighted by atomic mass is 35.5. The van der Waals surface area contributed by atoms with E-state index in [1.165, 1.54) is 35.7 Å². The summed E-state index contributed by atoms with van der Waals surface area (Å²) in [5.41, 5.74) is 0.767. The summed E-state index contributed by atoms with van der Waals surface area (Å²) >= 11 is 5.98. The fourth-order valence-corrected chi connectivity index (χ4v) is 5.24. The lowest BCUT2D eigenvalue weighted by atomic mass is 9.99. The van der Waals surface area contributed by atoms with Gasteiger partial charge in [-0.3, -0.25) is 4.79 Å². The van der Waals surface area contributed by atoms with Crippen molar-refractivity contribution in [2.75, 3.05) is 20.2 Å². The zero-order valence-corrected chi connectivity index (χ0v) is 17.5. The van der Waals surface area contributed by atoms with Gasteiger partial charge in [-0.25, -0.2) is 12.8 Å². The number of hydrogen-bond donors (Lipinski definition) is 1. The lowest BCUT2D eigenvalue weighted by Crippen LogP contribution is -2.45. The SMILES string of the molecule is COc1ccc(Cl)cc1S(=O)(=O)N1CCC[C@@H](C(=O)NCc2ccc(F)cc2)C1. The Morgan fingerprint density at radius 2 is 2.00 bits per heavy atom. The Morgan fingerprint density at radius 1 is 1.28 bits per heavy atom. The molecular weight excluding hydrogens is 419 g/mol. The van der Waals surface area contributed by atoms with Crippen molar-refractivity contribution in [1.29, 1.82) is 0 Å². The number of sulfonamides is 1. The molecule has 1 N–H and O–H groups in total. The first-order valence-electron chi connectivity index (χ1n) is 9.17. The van der Waals surface area contributed by atoms with Gasteiger partial charge in [0.05, 0.1) is 13.0 Å². The monoisotopic (exact) mass is 440 g/mol. The van der Waals surface area contributed by atoms with Gasteiger partial charge < -0.3 is 10.1 Å². The van der Waals surface area contributed by atoms with E-state index in [-0.39, 0.29) is 40.5 Å². The quantitative estimate of drug-likeness (QED) is 0.748. The highest BCUT2D eigenvalue weighted by Gasteiger charge is 2.34. The number of carbonyl (C=O) groups excluding carboxylic acids is 1. The molecule has 2 aromatic carbocycles. The molecule has 0 unspecified atom stereocenters. The van der Waals surface area contributed by atoms with E-state index in [1.807, 2.05) is 0 Å². The van der Waals surface area contributed by atoms with Crippen LogP contribution in [0.1, 0.15) is 18.4 Å². The Bertz CT molecular complexity index is 982. The number of methoxy groups -OCH3 is 1. The standard InChI is InChI=1S/C20H22ClFN2O4S/c1-28-18-9-6-16(21)11-19(18)29(26,27)24-10-2-3-15(13-24)20(25)23-12-14-4-7-17(22)8-5-14/h4-9,11,15H,2-3,10,12-13H2,1H3,(H,23,25)/t15-/m1/s1. The number of halogens is 2. The summed E-state index contributed by atoms with van der Waals surface area (Å²) in [5.74, 6) is -0.835. The Balaban J connectivity index is 1.70. The maximum Gasteiger partial charge on any atom is 0.246 e. The second-order valence-electron chi connectivity index (χ2n) is 6.84. The average Bonchev–Trinajstić information content (AvgIpc) is 2.73. The Kier molecular flexibility index (Phi) is 6.77. The fraction of sp³-hybridized carbons (Fsp3) is 0.350. The molecule has 1 amide bonds. The number of hydrogen-bond acceptors (Lipinski definition) is 4. The van der Waals surface area contributed by atoms with Crippen LogP contribution in [0.15, 0.2) is 47.4 Å². The number of nitrogens with one attached hydrogen (secondary N) is 1. The number of piperidine rings is 1. The molecular formula is C20H22ClFN2O4S. The largest absolute Gasteiger partial charge is 0.495 e. The van der Waals surface area contributed by atoms with Crippen LogP contribution >= 0.6 is 11.6 Å². The Labute approximate surface area is 174 Å². The van der Waals surface area contributed by atoms with Gasteiger partial charge in [0.1, 0.15) is 16.5 Å². The van der Waals surface area contributed by atoms with Crippen LogP contribution in [-0.2, 0) is 21.4 Å². The lowest BCUT2D eigenvalue weighted by molar-refractivity contribution is -0.126. The Morgan fingerprint density at radius 3 is 2.69 bits per heavy atom. The molecule has 1 aliphatic heterocycles. The van der Waals surface area contributed by atoms with E-state index in [0.29, 0.717) is 19.4 Å². The third-order valence-corrected chi connectivity index (χ3v) is 7.00. The molecule has 2 aromatic rings. The third kappa shape index (κ3) is 5.07. The molecule has 6 nitrogen and oxygen atoms in total. The number of nitrogens with zero attached hydrogens (tertiary/aromatic N) is 1. The molecule has 1 fully saturated rings. The number of ether oxygens (including phenoxy) is 1. The van der Waals surface area contributed by atoms with E-state index in [1.54, 1.807) is 18.2 Å². The molecule has 9 heteroatoms. The van der Waals surface area contributed by atoms with Crippen molar-refractivity contribution >= 4 is 27.5 Å². The zero-order valence-electron chi connectivity index (χ0n) is 15.9. The molecule has 3 rings (SSSR count). The van der Waals surface area contributed by atoms with E-state index in [4.69, 9.17) is 16.3 Å². The van der Waals surface area contributed by atoms with Crippen molar-refractivity contribution in [3.05, 3.63) is 58.9 Å². The van der Waals surface area contributed by atoms with Crippen LogP contribution in [0.4, 0.5) is 4.39 Å². The summed E-state index contributed by atoms with van der Waals surface area (Å²) < 4.78 is 45.7. The van der Waals surface area contributed by atoms with E-state index >= 15 is 0 Å². The molecule has 156 valence electrons. The van der Waals surface area contributed by atoms with Crippen molar-refractivity contribution in [3.63, 3.8) is 0 Å². The first-order chi connectivity index (χ1) is 13.8. The fourth-order valence-electron chi connectivity index (χ4n) is 3.30. The minimum atomic E-state index is -3.86. The topological polar surface area (TPSA) is 75.7 Å². The number of amides is 1. The van der Waals surface area contributed by atoms with Gasteiger partial charge in [0.2, 0.25) is 15.9 Å². The predicted molar refractivity (Wildman–Crippen MR) is 108 cm³/mol. The molecule has 0 radical (unpaired) electrons. The van der Waals surface area contributed by atoms with Crippen LogP contribution in [0, 0.1) is 11.7 Å². The van der Waals surface area contributed by atoms with E-state index in [9.17, 15) is 17.6 Å². The van der Waals surface area contributed by atoms with Crippen LogP contribution in [0.3, 0.4) is 0 Å². The van der Waals surface area contributed by atoms with Crippen LogP contribution in [-0.4, -0.2) is 38.8 Å². The average molecular weight is 441 g/mol. The van der Waals surface area contributed by atoms with Gasteiger partial charge in [-0.1, -0.05) is 23.7 Å². The third-order valence-electron chi connectivity index (χ3n) is 4.88. The van der Waals surface area contributed by atoms with Gasteiger partial charge in [0.15, 0.2) is 0 Å².